The first-order valence-electron chi connectivity index (χ1n) is 3.57. The van der Waals surface area contributed by atoms with Gasteiger partial charge >= 0.3 is 6.03 Å². The van der Waals surface area contributed by atoms with Crippen molar-refractivity contribution in [1.82, 2.24) is 5.32 Å². The van der Waals surface area contributed by atoms with Crippen LogP contribution in [0.4, 0.5) is 4.79 Å². The fraction of sp³-hybridized carbons (Fsp3) is 0.125. The van der Waals surface area contributed by atoms with Crippen molar-refractivity contribution in [3.63, 3.8) is 0 Å². The van der Waals surface area contributed by atoms with Crippen molar-refractivity contribution in [1.29, 1.82) is 0 Å². The molecule has 1 aromatic carbocycles. The van der Waals surface area contributed by atoms with E-state index in [2.05, 4.69) is 21.2 Å². The predicted octanol–water partition coefficient (Wildman–Crippen LogP) is 2.27. The minimum atomic E-state index is -0.543. The zero-order chi connectivity index (χ0) is 9.84. The Morgan fingerprint density at radius 3 is 2.85 bits per heavy atom. The summed E-state index contributed by atoms with van der Waals surface area (Å²) in [5.41, 5.74) is 5.83. The third-order valence-corrected chi connectivity index (χ3v) is 2.68. The average molecular weight is 264 g/mol. The van der Waals surface area contributed by atoms with Crippen molar-refractivity contribution in [2.75, 3.05) is 0 Å². The number of amides is 2. The van der Waals surface area contributed by atoms with Gasteiger partial charge in [0.05, 0.1) is 5.02 Å². The lowest BCUT2D eigenvalue weighted by Gasteiger charge is -2.03. The largest absolute Gasteiger partial charge is 0.352 e. The van der Waals surface area contributed by atoms with E-state index in [0.29, 0.717) is 11.6 Å². The summed E-state index contributed by atoms with van der Waals surface area (Å²) < 4.78 is 0.831. The van der Waals surface area contributed by atoms with Crippen molar-refractivity contribution < 1.29 is 4.79 Å². The Balaban J connectivity index is 2.68. The van der Waals surface area contributed by atoms with E-state index in [4.69, 9.17) is 17.3 Å². The number of carbonyl (C=O) groups is 1. The van der Waals surface area contributed by atoms with Crippen LogP contribution in [-0.4, -0.2) is 6.03 Å². The smallest absolute Gasteiger partial charge is 0.312 e. The van der Waals surface area contributed by atoms with E-state index >= 15 is 0 Å². The average Bonchev–Trinajstić information content (AvgIpc) is 2.07. The van der Waals surface area contributed by atoms with Crippen LogP contribution < -0.4 is 11.1 Å². The molecule has 0 atom stereocenters. The van der Waals surface area contributed by atoms with Gasteiger partial charge in [-0.15, -0.1) is 0 Å². The van der Waals surface area contributed by atoms with Gasteiger partial charge < -0.3 is 11.1 Å². The minimum Gasteiger partial charge on any atom is -0.352 e. The summed E-state index contributed by atoms with van der Waals surface area (Å²) in [6.45, 7) is 0.391. The molecule has 0 spiro atoms. The molecule has 0 radical (unpaired) electrons. The monoisotopic (exact) mass is 262 g/mol. The zero-order valence-electron chi connectivity index (χ0n) is 6.68. The number of halogens is 2. The van der Waals surface area contributed by atoms with Gasteiger partial charge in [0, 0.05) is 11.0 Å². The van der Waals surface area contributed by atoms with Gasteiger partial charge in [-0.05, 0) is 33.6 Å². The van der Waals surface area contributed by atoms with Gasteiger partial charge in [-0.1, -0.05) is 17.7 Å². The zero-order valence-corrected chi connectivity index (χ0v) is 9.02. The van der Waals surface area contributed by atoms with Crippen molar-refractivity contribution >= 4 is 33.6 Å². The van der Waals surface area contributed by atoms with Crippen LogP contribution in [0, 0.1) is 0 Å². The molecule has 0 unspecified atom stereocenters. The van der Waals surface area contributed by atoms with Crippen LogP contribution in [0.25, 0.3) is 0 Å². The van der Waals surface area contributed by atoms with Gasteiger partial charge in [-0.3, -0.25) is 0 Å². The molecule has 3 N–H and O–H groups in total. The van der Waals surface area contributed by atoms with Gasteiger partial charge in [0.15, 0.2) is 0 Å². The van der Waals surface area contributed by atoms with E-state index in [-0.39, 0.29) is 0 Å². The van der Waals surface area contributed by atoms with Crippen LogP contribution in [0.15, 0.2) is 22.7 Å². The molecule has 0 aliphatic rings. The van der Waals surface area contributed by atoms with Crippen LogP contribution in [0.5, 0.6) is 0 Å². The molecule has 0 saturated heterocycles. The minimum absolute atomic E-state index is 0.391. The Labute approximate surface area is 89.4 Å². The second-order valence-corrected chi connectivity index (χ2v) is 3.73. The van der Waals surface area contributed by atoms with E-state index in [1.165, 1.54) is 0 Å². The Morgan fingerprint density at radius 2 is 2.31 bits per heavy atom. The van der Waals surface area contributed by atoms with Crippen LogP contribution in [0.2, 0.25) is 5.02 Å². The number of urea groups is 1. The van der Waals surface area contributed by atoms with Crippen molar-refractivity contribution in [3.05, 3.63) is 33.3 Å². The summed E-state index contributed by atoms with van der Waals surface area (Å²) in [5, 5.41) is 3.09. The van der Waals surface area contributed by atoms with E-state index in [0.717, 1.165) is 10.0 Å². The Kier molecular flexibility index (Phi) is 3.57. The number of primary amides is 1. The van der Waals surface area contributed by atoms with Crippen molar-refractivity contribution in [2.24, 2.45) is 5.73 Å². The highest BCUT2D eigenvalue weighted by Crippen LogP contribution is 2.22. The number of rotatable bonds is 2. The van der Waals surface area contributed by atoms with Gasteiger partial charge in [0.2, 0.25) is 0 Å². The molecule has 2 amide bonds. The SMILES string of the molecule is NC(=O)NCc1ccc(Br)c(Cl)c1. The van der Waals surface area contributed by atoms with E-state index < -0.39 is 6.03 Å². The quantitative estimate of drug-likeness (QED) is 0.845. The third kappa shape index (κ3) is 3.24. The predicted molar refractivity (Wildman–Crippen MR) is 55.6 cm³/mol. The number of nitrogens with one attached hydrogen (secondary N) is 1. The summed E-state index contributed by atoms with van der Waals surface area (Å²) in [5.74, 6) is 0. The molecule has 5 heteroatoms. The molecule has 0 fully saturated rings. The van der Waals surface area contributed by atoms with Crippen LogP contribution in [0.3, 0.4) is 0 Å². The Hall–Kier alpha value is -0.740. The molecule has 13 heavy (non-hydrogen) atoms. The van der Waals surface area contributed by atoms with Gasteiger partial charge in [0.25, 0.3) is 0 Å². The summed E-state index contributed by atoms with van der Waals surface area (Å²) in [6, 6.07) is 4.90. The standard InChI is InChI=1S/C8H8BrClN2O/c9-6-2-1-5(3-7(6)10)4-12-8(11)13/h1-3H,4H2,(H3,11,12,13). The first kappa shape index (κ1) is 10.3. The van der Waals surface area contributed by atoms with Gasteiger partial charge in [0.1, 0.15) is 0 Å². The Morgan fingerprint density at radius 1 is 1.62 bits per heavy atom. The fourth-order valence-electron chi connectivity index (χ4n) is 0.839. The third-order valence-electron chi connectivity index (χ3n) is 1.45. The molecule has 3 nitrogen and oxygen atoms in total. The lowest BCUT2D eigenvalue weighted by Crippen LogP contribution is -2.28. The maximum absolute atomic E-state index is 10.4. The number of hydrogen-bond acceptors (Lipinski definition) is 1. The number of hydrogen-bond donors (Lipinski definition) is 2. The summed E-state index contributed by atoms with van der Waals surface area (Å²) >= 11 is 9.10. The number of benzene rings is 1. The fourth-order valence-corrected chi connectivity index (χ4v) is 1.29. The lowest BCUT2D eigenvalue weighted by molar-refractivity contribution is 0.248. The van der Waals surface area contributed by atoms with Crippen molar-refractivity contribution in [2.45, 2.75) is 6.54 Å². The molecule has 70 valence electrons. The van der Waals surface area contributed by atoms with Gasteiger partial charge in [-0.2, -0.15) is 0 Å². The highest BCUT2D eigenvalue weighted by atomic mass is 79.9. The number of nitrogens with two attached hydrogens (primary N) is 1. The van der Waals surface area contributed by atoms with Crippen molar-refractivity contribution in [3.8, 4) is 0 Å². The van der Waals surface area contributed by atoms with Crippen LogP contribution in [-0.2, 0) is 6.54 Å². The van der Waals surface area contributed by atoms with E-state index in [1.54, 1.807) is 6.07 Å². The normalized spacial score (nSPS) is 9.69. The first-order valence-corrected chi connectivity index (χ1v) is 4.74. The molecule has 0 bridgehead atoms. The maximum atomic E-state index is 10.4. The molecule has 1 aromatic rings. The Bertz CT molecular complexity index is 330. The summed E-state index contributed by atoms with van der Waals surface area (Å²) in [7, 11) is 0. The maximum Gasteiger partial charge on any atom is 0.312 e. The molecule has 0 aliphatic heterocycles. The molecule has 1 rings (SSSR count). The van der Waals surface area contributed by atoms with Crippen LogP contribution in [0.1, 0.15) is 5.56 Å². The first-order chi connectivity index (χ1) is 6.09. The lowest BCUT2D eigenvalue weighted by atomic mass is 10.2. The molecule has 0 heterocycles. The molecular formula is C8H8BrClN2O. The molecule has 0 saturated carbocycles. The summed E-state index contributed by atoms with van der Waals surface area (Å²) in [4.78, 5) is 10.4. The highest BCUT2D eigenvalue weighted by Gasteiger charge is 1.99. The molecular weight excluding hydrogens is 255 g/mol. The van der Waals surface area contributed by atoms with Gasteiger partial charge in [-0.25, -0.2) is 4.79 Å². The topological polar surface area (TPSA) is 55.1 Å². The van der Waals surface area contributed by atoms with Crippen LogP contribution >= 0.6 is 27.5 Å². The number of carbonyl (C=O) groups excluding carboxylic acids is 1. The molecule has 0 aliphatic carbocycles. The second kappa shape index (κ2) is 4.48. The molecule has 0 aromatic heterocycles. The highest BCUT2D eigenvalue weighted by molar-refractivity contribution is 9.10. The second-order valence-electron chi connectivity index (χ2n) is 2.47. The summed E-state index contributed by atoms with van der Waals surface area (Å²) in [6.07, 6.45) is 0. The van der Waals surface area contributed by atoms with E-state index in [9.17, 15) is 4.79 Å². The van der Waals surface area contributed by atoms with E-state index in [1.807, 2.05) is 12.1 Å².